The van der Waals surface area contributed by atoms with Gasteiger partial charge < -0.3 is 0 Å². The Kier molecular flexibility index (Phi) is 5.10. The zero-order chi connectivity index (χ0) is 22.9. The number of H-pyrrole nitrogens is 1. The van der Waals surface area contributed by atoms with Crippen LogP contribution in [0.3, 0.4) is 0 Å². The van der Waals surface area contributed by atoms with Gasteiger partial charge in [-0.15, -0.1) is 0 Å². The topological polar surface area (TPSA) is 97.1 Å². The van der Waals surface area contributed by atoms with Crippen molar-refractivity contribution in [2.75, 3.05) is 5.43 Å². The first kappa shape index (κ1) is 20.4. The number of aromatic amines is 1. The van der Waals surface area contributed by atoms with Gasteiger partial charge in [0, 0.05) is 7.05 Å². The molecule has 2 N–H and O–H groups in total. The second-order valence-corrected chi connectivity index (χ2v) is 7.93. The van der Waals surface area contributed by atoms with Gasteiger partial charge in [-0.3, -0.25) is 18.9 Å². The summed E-state index contributed by atoms with van der Waals surface area (Å²) in [5, 5.41) is 6.51. The zero-order valence-electron chi connectivity index (χ0n) is 18.2. The summed E-state index contributed by atoms with van der Waals surface area (Å²) in [5.74, 6) is 0.369. The van der Waals surface area contributed by atoms with Crippen LogP contribution in [0.15, 0.2) is 81.4 Å². The van der Waals surface area contributed by atoms with E-state index in [9.17, 15) is 9.59 Å². The van der Waals surface area contributed by atoms with Crippen LogP contribution in [-0.4, -0.2) is 25.3 Å². The predicted octanol–water partition coefficient (Wildman–Crippen LogP) is 3.38. The lowest BCUT2D eigenvalue weighted by Gasteiger charge is -2.11. The van der Waals surface area contributed by atoms with Crippen molar-refractivity contribution in [3.05, 3.63) is 104 Å². The van der Waals surface area contributed by atoms with Crippen LogP contribution in [0.1, 0.15) is 16.7 Å². The Hall–Kier alpha value is -4.46. The quantitative estimate of drug-likeness (QED) is 0.325. The molecule has 0 radical (unpaired) electrons. The molecule has 5 rings (SSSR count). The van der Waals surface area contributed by atoms with Crippen LogP contribution in [0.4, 0.5) is 5.95 Å². The molecule has 5 aromatic rings. The summed E-state index contributed by atoms with van der Waals surface area (Å²) in [5.41, 5.74) is 5.66. The van der Waals surface area contributed by atoms with Crippen LogP contribution in [0, 0.1) is 6.92 Å². The van der Waals surface area contributed by atoms with Crippen LogP contribution in [-0.2, 0) is 13.6 Å². The maximum atomic E-state index is 12.8. The van der Waals surface area contributed by atoms with Crippen LogP contribution < -0.4 is 16.7 Å². The van der Waals surface area contributed by atoms with Crippen molar-refractivity contribution in [2.24, 2.45) is 12.1 Å². The van der Waals surface area contributed by atoms with Gasteiger partial charge in [0.1, 0.15) is 0 Å². The minimum atomic E-state index is -0.517. The van der Waals surface area contributed by atoms with Crippen LogP contribution in [0.2, 0.25) is 0 Å². The van der Waals surface area contributed by atoms with Crippen molar-refractivity contribution < 1.29 is 0 Å². The second-order valence-electron chi connectivity index (χ2n) is 7.93. The van der Waals surface area contributed by atoms with Gasteiger partial charge in [0.15, 0.2) is 11.2 Å². The lowest BCUT2D eigenvalue weighted by molar-refractivity contribution is 0.811. The summed E-state index contributed by atoms with van der Waals surface area (Å²) in [6.07, 6.45) is 1.68. The summed E-state index contributed by atoms with van der Waals surface area (Å²) < 4.78 is 3.08. The molecule has 0 fully saturated rings. The van der Waals surface area contributed by atoms with Gasteiger partial charge in [0.2, 0.25) is 5.95 Å². The molecule has 2 aromatic heterocycles. The maximum Gasteiger partial charge on any atom is 0.329 e. The second kappa shape index (κ2) is 8.23. The number of imidazole rings is 1. The molecule has 0 atom stereocenters. The highest BCUT2D eigenvalue weighted by molar-refractivity contribution is 5.86. The average molecular weight is 438 g/mol. The fourth-order valence-corrected chi connectivity index (χ4v) is 3.89. The maximum absolute atomic E-state index is 12.8. The number of aromatic nitrogens is 4. The standard InChI is InChI=1S/C25H22N6O2/c1-16-10-12-17(13-11-16)14-26-29-24-27-22-21(23(32)28-25(33)30(22)2)31(24)15-19-8-5-7-18-6-3-4-9-20(18)19/h3-14H,15H2,1-2H3,(H,27,29)(H,28,32,33)/b26-14+. The van der Waals surface area contributed by atoms with Crippen molar-refractivity contribution in [2.45, 2.75) is 13.5 Å². The molecule has 164 valence electrons. The molecule has 8 heteroatoms. The van der Waals surface area contributed by atoms with Crippen LogP contribution in [0.5, 0.6) is 0 Å². The molecule has 3 aromatic carbocycles. The molecule has 0 saturated heterocycles. The highest BCUT2D eigenvalue weighted by atomic mass is 16.2. The minimum Gasteiger partial charge on any atom is -0.298 e. The summed E-state index contributed by atoms with van der Waals surface area (Å²) in [7, 11) is 1.58. The minimum absolute atomic E-state index is 0.289. The van der Waals surface area contributed by atoms with E-state index >= 15 is 0 Å². The summed E-state index contributed by atoms with van der Waals surface area (Å²) in [6, 6.07) is 22.1. The molecule has 0 saturated carbocycles. The number of hydrazone groups is 1. The van der Waals surface area contributed by atoms with Crippen molar-refractivity contribution in [1.29, 1.82) is 0 Å². The van der Waals surface area contributed by atoms with Crippen LogP contribution >= 0.6 is 0 Å². The van der Waals surface area contributed by atoms with E-state index in [1.807, 2.05) is 73.7 Å². The number of hydrogen-bond donors (Lipinski definition) is 2. The van der Waals surface area contributed by atoms with E-state index in [4.69, 9.17) is 0 Å². The van der Waals surface area contributed by atoms with E-state index in [1.165, 1.54) is 4.57 Å². The third-order valence-corrected chi connectivity index (χ3v) is 5.67. The summed E-state index contributed by atoms with van der Waals surface area (Å²) in [4.78, 5) is 31.8. The van der Waals surface area contributed by atoms with E-state index in [1.54, 1.807) is 17.8 Å². The van der Waals surface area contributed by atoms with Crippen molar-refractivity contribution >= 4 is 34.1 Å². The first-order chi connectivity index (χ1) is 16.0. The molecule has 0 aliphatic rings. The van der Waals surface area contributed by atoms with Crippen molar-refractivity contribution in [1.82, 2.24) is 19.1 Å². The fraction of sp³-hybridized carbons (Fsp3) is 0.120. The van der Waals surface area contributed by atoms with Gasteiger partial charge in [0.05, 0.1) is 12.8 Å². The van der Waals surface area contributed by atoms with E-state index in [2.05, 4.69) is 20.5 Å². The largest absolute Gasteiger partial charge is 0.329 e. The molecular formula is C25H22N6O2. The van der Waals surface area contributed by atoms with Crippen LogP contribution in [0.25, 0.3) is 21.9 Å². The number of nitrogens with zero attached hydrogens (tertiary/aromatic N) is 4. The average Bonchev–Trinajstić information content (AvgIpc) is 3.18. The molecule has 33 heavy (non-hydrogen) atoms. The molecule has 0 bridgehead atoms. The SMILES string of the molecule is Cc1ccc(/C=N/Nc2nc3c(c(=O)[nH]c(=O)n3C)n2Cc2cccc3ccccc23)cc1. The Morgan fingerprint density at radius 1 is 1.03 bits per heavy atom. The molecule has 2 heterocycles. The molecule has 8 nitrogen and oxygen atoms in total. The Morgan fingerprint density at radius 2 is 1.79 bits per heavy atom. The van der Waals surface area contributed by atoms with E-state index in [0.717, 1.165) is 27.5 Å². The van der Waals surface area contributed by atoms with Gasteiger partial charge in [-0.2, -0.15) is 10.1 Å². The Bertz CT molecular complexity index is 1620. The number of nitrogens with one attached hydrogen (secondary N) is 2. The lowest BCUT2D eigenvalue weighted by Crippen LogP contribution is -2.29. The third-order valence-electron chi connectivity index (χ3n) is 5.67. The predicted molar refractivity (Wildman–Crippen MR) is 131 cm³/mol. The lowest BCUT2D eigenvalue weighted by atomic mass is 10.0. The molecule has 0 amide bonds. The first-order valence-corrected chi connectivity index (χ1v) is 10.5. The number of hydrogen-bond acceptors (Lipinski definition) is 5. The highest BCUT2D eigenvalue weighted by Gasteiger charge is 2.18. The molecule has 0 spiro atoms. The summed E-state index contributed by atoms with van der Waals surface area (Å²) in [6.45, 7) is 2.40. The number of rotatable bonds is 5. The van der Waals surface area contributed by atoms with E-state index in [-0.39, 0.29) is 5.65 Å². The Morgan fingerprint density at radius 3 is 2.61 bits per heavy atom. The zero-order valence-corrected chi connectivity index (χ0v) is 18.2. The molecular weight excluding hydrogens is 416 g/mol. The van der Waals surface area contributed by atoms with Crippen molar-refractivity contribution in [3.63, 3.8) is 0 Å². The van der Waals surface area contributed by atoms with Gasteiger partial charge in [-0.25, -0.2) is 10.2 Å². The molecule has 0 aliphatic heterocycles. The van der Waals surface area contributed by atoms with E-state index in [0.29, 0.717) is 18.0 Å². The highest BCUT2D eigenvalue weighted by Crippen LogP contribution is 2.23. The third kappa shape index (κ3) is 3.82. The fourth-order valence-electron chi connectivity index (χ4n) is 3.89. The molecule has 0 aliphatic carbocycles. The number of fused-ring (bicyclic) bond motifs is 2. The number of aryl methyl sites for hydroxylation is 2. The van der Waals surface area contributed by atoms with Crippen molar-refractivity contribution in [3.8, 4) is 0 Å². The normalized spacial score (nSPS) is 11.6. The number of benzene rings is 3. The van der Waals surface area contributed by atoms with Gasteiger partial charge in [-0.05, 0) is 28.8 Å². The van der Waals surface area contributed by atoms with E-state index < -0.39 is 11.2 Å². The summed E-state index contributed by atoms with van der Waals surface area (Å²) >= 11 is 0. The molecule has 0 unspecified atom stereocenters. The first-order valence-electron chi connectivity index (χ1n) is 10.5. The van der Waals surface area contributed by atoms with Gasteiger partial charge in [-0.1, -0.05) is 72.3 Å². The number of anilines is 1. The Balaban J connectivity index is 1.62. The Labute approximate surface area is 188 Å². The monoisotopic (exact) mass is 438 g/mol. The van der Waals surface area contributed by atoms with Gasteiger partial charge >= 0.3 is 5.69 Å². The smallest absolute Gasteiger partial charge is 0.298 e. The van der Waals surface area contributed by atoms with Gasteiger partial charge in [0.25, 0.3) is 5.56 Å².